The Kier molecular flexibility index (Phi) is 7.22. The van der Waals surface area contributed by atoms with Crippen molar-refractivity contribution in [3.63, 3.8) is 0 Å². The fraction of sp³-hybridized carbons (Fsp3) is 0.562. The molecule has 1 aromatic carbocycles. The molecule has 0 saturated heterocycles. The second-order valence-electron chi connectivity index (χ2n) is 6.30. The standard InChI is InChI=1S/C16H25N3O3S.ClH/c1-11(2)19(3)23(21,22)14-6-4-5-13(9-14)16(20)18-15(10-17)12-7-8-12;/h4-6,9,11-12,15H,7-8,10,17H2,1-3H3,(H,18,20);1H. The van der Waals surface area contributed by atoms with Crippen LogP contribution in [0.4, 0.5) is 0 Å². The summed E-state index contributed by atoms with van der Waals surface area (Å²) < 4.78 is 26.3. The first-order valence-electron chi connectivity index (χ1n) is 7.86. The van der Waals surface area contributed by atoms with Crippen LogP contribution in [-0.4, -0.2) is 44.3 Å². The molecule has 6 nitrogen and oxygen atoms in total. The Labute approximate surface area is 150 Å². The van der Waals surface area contributed by atoms with E-state index in [0.29, 0.717) is 18.0 Å². The number of amides is 1. The maximum absolute atomic E-state index is 12.5. The molecular weight excluding hydrogens is 350 g/mol. The van der Waals surface area contributed by atoms with Crippen molar-refractivity contribution in [3.8, 4) is 0 Å². The molecule has 0 aromatic heterocycles. The molecule has 0 heterocycles. The molecule has 1 fully saturated rings. The third-order valence-corrected chi connectivity index (χ3v) is 6.29. The monoisotopic (exact) mass is 375 g/mol. The van der Waals surface area contributed by atoms with Crippen LogP contribution in [0, 0.1) is 5.92 Å². The van der Waals surface area contributed by atoms with Gasteiger partial charge in [-0.25, -0.2) is 8.42 Å². The van der Waals surface area contributed by atoms with Gasteiger partial charge in [0, 0.05) is 31.2 Å². The van der Waals surface area contributed by atoms with Crippen molar-refractivity contribution in [3.05, 3.63) is 29.8 Å². The molecule has 1 aliphatic carbocycles. The molecular formula is C16H26ClN3O3S. The molecule has 1 saturated carbocycles. The van der Waals surface area contributed by atoms with Crippen molar-refractivity contribution in [1.29, 1.82) is 0 Å². The van der Waals surface area contributed by atoms with Gasteiger partial charge in [-0.1, -0.05) is 6.07 Å². The third-order valence-electron chi connectivity index (χ3n) is 4.26. The summed E-state index contributed by atoms with van der Waals surface area (Å²) in [6.07, 6.45) is 2.16. The Bertz CT molecular complexity index is 675. The summed E-state index contributed by atoms with van der Waals surface area (Å²) in [5.41, 5.74) is 6.03. The molecule has 2 rings (SSSR count). The van der Waals surface area contributed by atoms with Crippen molar-refractivity contribution in [1.82, 2.24) is 9.62 Å². The number of hydrogen-bond donors (Lipinski definition) is 2. The predicted molar refractivity (Wildman–Crippen MR) is 96.8 cm³/mol. The normalized spacial score (nSPS) is 15.9. The fourth-order valence-corrected chi connectivity index (χ4v) is 3.78. The van der Waals surface area contributed by atoms with E-state index >= 15 is 0 Å². The van der Waals surface area contributed by atoms with E-state index < -0.39 is 10.0 Å². The molecule has 3 N–H and O–H groups in total. The van der Waals surface area contributed by atoms with Crippen LogP contribution in [0.15, 0.2) is 29.2 Å². The first kappa shape index (κ1) is 20.9. The largest absolute Gasteiger partial charge is 0.348 e. The van der Waals surface area contributed by atoms with Gasteiger partial charge in [-0.2, -0.15) is 4.31 Å². The minimum Gasteiger partial charge on any atom is -0.348 e. The number of benzene rings is 1. The van der Waals surface area contributed by atoms with E-state index in [9.17, 15) is 13.2 Å². The minimum absolute atomic E-state index is 0. The van der Waals surface area contributed by atoms with E-state index in [1.165, 1.54) is 23.5 Å². The van der Waals surface area contributed by atoms with Gasteiger partial charge in [-0.3, -0.25) is 4.79 Å². The summed E-state index contributed by atoms with van der Waals surface area (Å²) in [6.45, 7) is 4.00. The lowest BCUT2D eigenvalue weighted by molar-refractivity contribution is 0.0933. The number of nitrogens with one attached hydrogen (secondary N) is 1. The lowest BCUT2D eigenvalue weighted by atomic mass is 10.1. The summed E-state index contributed by atoms with van der Waals surface area (Å²) in [6, 6.07) is 5.93. The summed E-state index contributed by atoms with van der Waals surface area (Å²) in [5.74, 6) is 0.166. The second kappa shape index (κ2) is 8.29. The van der Waals surface area contributed by atoms with E-state index in [1.807, 2.05) is 0 Å². The van der Waals surface area contributed by atoms with Gasteiger partial charge < -0.3 is 11.1 Å². The van der Waals surface area contributed by atoms with Crippen LogP contribution < -0.4 is 11.1 Å². The van der Waals surface area contributed by atoms with E-state index in [2.05, 4.69) is 5.32 Å². The highest BCUT2D eigenvalue weighted by Gasteiger charge is 2.31. The van der Waals surface area contributed by atoms with E-state index in [0.717, 1.165) is 12.8 Å². The van der Waals surface area contributed by atoms with E-state index in [-0.39, 0.29) is 35.3 Å². The smallest absolute Gasteiger partial charge is 0.251 e. The number of carbonyl (C=O) groups is 1. The third kappa shape index (κ3) is 4.69. The zero-order valence-electron chi connectivity index (χ0n) is 14.2. The number of hydrogen-bond acceptors (Lipinski definition) is 4. The molecule has 1 atom stereocenters. The van der Waals surface area contributed by atoms with Crippen LogP contribution in [0.5, 0.6) is 0 Å². The zero-order chi connectivity index (χ0) is 17.2. The number of nitrogens with zero attached hydrogens (tertiary/aromatic N) is 1. The Hall–Kier alpha value is -1.15. The zero-order valence-corrected chi connectivity index (χ0v) is 15.9. The molecule has 136 valence electrons. The van der Waals surface area contributed by atoms with E-state index in [4.69, 9.17) is 5.73 Å². The van der Waals surface area contributed by atoms with Gasteiger partial charge in [0.2, 0.25) is 10.0 Å². The van der Waals surface area contributed by atoms with Crippen molar-refractivity contribution < 1.29 is 13.2 Å². The maximum atomic E-state index is 12.5. The predicted octanol–water partition coefficient (Wildman–Crippen LogP) is 1.60. The van der Waals surface area contributed by atoms with Crippen LogP contribution >= 0.6 is 12.4 Å². The number of nitrogens with two attached hydrogens (primary N) is 1. The summed E-state index contributed by atoms with van der Waals surface area (Å²) in [5, 5.41) is 2.90. The van der Waals surface area contributed by atoms with Gasteiger partial charge in [-0.05, 0) is 50.8 Å². The Morgan fingerprint density at radius 2 is 2.00 bits per heavy atom. The second-order valence-corrected chi connectivity index (χ2v) is 8.29. The average molecular weight is 376 g/mol. The number of sulfonamides is 1. The van der Waals surface area contributed by atoms with Crippen LogP contribution in [0.3, 0.4) is 0 Å². The van der Waals surface area contributed by atoms with Crippen LogP contribution in [0.2, 0.25) is 0 Å². The van der Waals surface area contributed by atoms with Crippen molar-refractivity contribution in [2.24, 2.45) is 11.7 Å². The van der Waals surface area contributed by atoms with Crippen LogP contribution in [-0.2, 0) is 10.0 Å². The molecule has 1 amide bonds. The topological polar surface area (TPSA) is 92.5 Å². The van der Waals surface area contributed by atoms with Crippen molar-refractivity contribution in [2.75, 3.05) is 13.6 Å². The highest BCUT2D eigenvalue weighted by molar-refractivity contribution is 7.89. The quantitative estimate of drug-likeness (QED) is 0.757. The Morgan fingerprint density at radius 1 is 1.38 bits per heavy atom. The molecule has 1 aliphatic rings. The van der Waals surface area contributed by atoms with Gasteiger partial charge in [-0.15, -0.1) is 12.4 Å². The average Bonchev–Trinajstić information content (AvgIpc) is 3.36. The molecule has 0 radical (unpaired) electrons. The SMILES string of the molecule is CC(C)N(C)S(=O)(=O)c1cccc(C(=O)NC(CN)C2CC2)c1.Cl. The first-order chi connectivity index (χ1) is 10.8. The van der Waals surface area contributed by atoms with E-state index in [1.54, 1.807) is 26.0 Å². The van der Waals surface area contributed by atoms with Gasteiger partial charge in [0.1, 0.15) is 0 Å². The summed E-state index contributed by atoms with van der Waals surface area (Å²) in [7, 11) is -2.07. The van der Waals surface area contributed by atoms with Gasteiger partial charge in [0.15, 0.2) is 0 Å². The molecule has 0 spiro atoms. The molecule has 1 unspecified atom stereocenters. The molecule has 0 bridgehead atoms. The molecule has 8 heteroatoms. The van der Waals surface area contributed by atoms with Crippen molar-refractivity contribution >= 4 is 28.3 Å². The summed E-state index contributed by atoms with van der Waals surface area (Å²) >= 11 is 0. The molecule has 24 heavy (non-hydrogen) atoms. The fourth-order valence-electron chi connectivity index (χ4n) is 2.36. The molecule has 0 aliphatic heterocycles. The Morgan fingerprint density at radius 3 is 2.50 bits per heavy atom. The minimum atomic E-state index is -3.60. The highest BCUT2D eigenvalue weighted by Crippen LogP contribution is 2.32. The number of carbonyl (C=O) groups excluding carboxylic acids is 1. The summed E-state index contributed by atoms with van der Waals surface area (Å²) in [4.78, 5) is 12.5. The highest BCUT2D eigenvalue weighted by atomic mass is 35.5. The number of halogens is 1. The van der Waals surface area contributed by atoms with Gasteiger partial charge >= 0.3 is 0 Å². The van der Waals surface area contributed by atoms with Gasteiger partial charge in [0.05, 0.1) is 4.90 Å². The van der Waals surface area contributed by atoms with Crippen molar-refractivity contribution in [2.45, 2.75) is 43.7 Å². The lowest BCUT2D eigenvalue weighted by Crippen LogP contribution is -2.41. The maximum Gasteiger partial charge on any atom is 0.251 e. The Balaban J connectivity index is 0.00000288. The van der Waals surface area contributed by atoms with Crippen LogP contribution in [0.25, 0.3) is 0 Å². The number of rotatable bonds is 7. The van der Waals surface area contributed by atoms with Crippen LogP contribution in [0.1, 0.15) is 37.0 Å². The van der Waals surface area contributed by atoms with Gasteiger partial charge in [0.25, 0.3) is 5.91 Å². The molecule has 1 aromatic rings. The lowest BCUT2D eigenvalue weighted by Gasteiger charge is -2.21. The first-order valence-corrected chi connectivity index (χ1v) is 9.30.